The standard InChI is InChI=1S/C14H16N2O5/c1-9-8-10(16(20)21)5-6-11(9)13(17)15-7-3-2-4-12(15)14(18)19/h5-6,8,12H,2-4,7H2,1H3,(H,18,19)/t12-/m0/s1. The number of hydrogen-bond donors (Lipinski definition) is 1. The van der Waals surface area contributed by atoms with Gasteiger partial charge in [-0.2, -0.15) is 0 Å². The summed E-state index contributed by atoms with van der Waals surface area (Å²) in [5, 5.41) is 19.9. The first-order chi connectivity index (χ1) is 9.91. The number of nitrogens with zero attached hydrogens (tertiary/aromatic N) is 2. The number of carboxylic acids is 1. The Hall–Kier alpha value is -2.44. The van der Waals surface area contributed by atoms with Crippen molar-refractivity contribution in [3.63, 3.8) is 0 Å². The molecular weight excluding hydrogens is 276 g/mol. The van der Waals surface area contributed by atoms with E-state index in [2.05, 4.69) is 0 Å². The topological polar surface area (TPSA) is 101 Å². The molecule has 2 rings (SSSR count). The second-order valence-electron chi connectivity index (χ2n) is 5.10. The number of likely N-dealkylation sites (tertiary alicyclic amines) is 1. The third-order valence-electron chi connectivity index (χ3n) is 3.70. The zero-order valence-electron chi connectivity index (χ0n) is 11.6. The van der Waals surface area contributed by atoms with Crippen molar-refractivity contribution in [2.24, 2.45) is 0 Å². The van der Waals surface area contributed by atoms with Crippen molar-refractivity contribution in [3.8, 4) is 0 Å². The molecule has 7 heteroatoms. The quantitative estimate of drug-likeness (QED) is 0.678. The molecule has 1 aromatic carbocycles. The molecule has 0 unspecified atom stereocenters. The fraction of sp³-hybridized carbons (Fsp3) is 0.429. The van der Waals surface area contributed by atoms with Crippen LogP contribution in [0.3, 0.4) is 0 Å². The number of carbonyl (C=O) groups excluding carboxylic acids is 1. The van der Waals surface area contributed by atoms with E-state index in [-0.39, 0.29) is 11.6 Å². The number of carboxylic acid groups (broad SMARTS) is 1. The molecule has 21 heavy (non-hydrogen) atoms. The van der Waals surface area contributed by atoms with E-state index in [0.29, 0.717) is 24.1 Å². The minimum Gasteiger partial charge on any atom is -0.480 e. The highest BCUT2D eigenvalue weighted by Gasteiger charge is 2.33. The van der Waals surface area contributed by atoms with Crippen molar-refractivity contribution >= 4 is 17.6 Å². The van der Waals surface area contributed by atoms with Crippen LogP contribution in [0.1, 0.15) is 35.2 Å². The Kier molecular flexibility index (Phi) is 4.21. The number of aliphatic carboxylic acids is 1. The third-order valence-corrected chi connectivity index (χ3v) is 3.70. The van der Waals surface area contributed by atoms with Crippen molar-refractivity contribution in [2.45, 2.75) is 32.2 Å². The van der Waals surface area contributed by atoms with Gasteiger partial charge in [-0.15, -0.1) is 0 Å². The number of hydrogen-bond acceptors (Lipinski definition) is 4. The molecule has 1 fully saturated rings. The number of carbonyl (C=O) groups is 2. The smallest absolute Gasteiger partial charge is 0.326 e. The lowest BCUT2D eigenvalue weighted by Gasteiger charge is -2.33. The predicted molar refractivity (Wildman–Crippen MR) is 74.1 cm³/mol. The molecule has 0 bridgehead atoms. The fourth-order valence-electron chi connectivity index (χ4n) is 2.59. The zero-order chi connectivity index (χ0) is 15.6. The minimum absolute atomic E-state index is 0.0857. The molecule has 112 valence electrons. The van der Waals surface area contributed by atoms with E-state index in [1.54, 1.807) is 6.92 Å². The van der Waals surface area contributed by atoms with Crippen molar-refractivity contribution in [1.29, 1.82) is 0 Å². The van der Waals surface area contributed by atoms with Gasteiger partial charge in [0.25, 0.3) is 11.6 Å². The SMILES string of the molecule is Cc1cc([N+](=O)[O-])ccc1C(=O)N1CCCC[C@H]1C(=O)O. The summed E-state index contributed by atoms with van der Waals surface area (Å²) in [7, 11) is 0. The van der Waals surface area contributed by atoms with Crippen LogP contribution in [-0.2, 0) is 4.79 Å². The number of rotatable bonds is 3. The summed E-state index contributed by atoms with van der Waals surface area (Å²) in [6.07, 6.45) is 1.98. The minimum atomic E-state index is -1.01. The Labute approximate surface area is 121 Å². The van der Waals surface area contributed by atoms with E-state index in [0.717, 1.165) is 12.8 Å². The van der Waals surface area contributed by atoms with Gasteiger partial charge in [0.05, 0.1) is 4.92 Å². The summed E-state index contributed by atoms with van der Waals surface area (Å²) < 4.78 is 0. The highest BCUT2D eigenvalue weighted by molar-refractivity contribution is 5.98. The average Bonchev–Trinajstić information content (AvgIpc) is 2.46. The molecule has 0 aromatic heterocycles. The van der Waals surface area contributed by atoms with E-state index >= 15 is 0 Å². The Morgan fingerprint density at radius 3 is 2.67 bits per heavy atom. The molecule has 1 aliphatic heterocycles. The van der Waals surface area contributed by atoms with Gasteiger partial charge < -0.3 is 10.0 Å². The lowest BCUT2D eigenvalue weighted by Crippen LogP contribution is -2.48. The van der Waals surface area contributed by atoms with Crippen LogP contribution < -0.4 is 0 Å². The molecule has 1 heterocycles. The van der Waals surface area contributed by atoms with Gasteiger partial charge in [0.15, 0.2) is 0 Å². The number of benzene rings is 1. The lowest BCUT2D eigenvalue weighted by atomic mass is 9.99. The first kappa shape index (κ1) is 15.0. The normalized spacial score (nSPS) is 18.3. The fourth-order valence-corrected chi connectivity index (χ4v) is 2.59. The maximum Gasteiger partial charge on any atom is 0.326 e. The van der Waals surface area contributed by atoms with Gasteiger partial charge in [0.2, 0.25) is 0 Å². The highest BCUT2D eigenvalue weighted by Crippen LogP contribution is 2.23. The van der Waals surface area contributed by atoms with Gasteiger partial charge in [-0.25, -0.2) is 4.79 Å². The Balaban J connectivity index is 2.30. The summed E-state index contributed by atoms with van der Waals surface area (Å²) in [5.74, 6) is -1.39. The predicted octanol–water partition coefficient (Wildman–Crippen LogP) is 1.98. The maximum absolute atomic E-state index is 12.5. The number of nitro groups is 1. The largest absolute Gasteiger partial charge is 0.480 e. The molecule has 0 radical (unpaired) electrons. The molecular formula is C14H16N2O5. The molecule has 0 aliphatic carbocycles. The van der Waals surface area contributed by atoms with Gasteiger partial charge in [-0.1, -0.05) is 0 Å². The van der Waals surface area contributed by atoms with Gasteiger partial charge in [-0.05, 0) is 37.8 Å². The number of aryl methyl sites for hydroxylation is 1. The van der Waals surface area contributed by atoms with Gasteiger partial charge in [0.1, 0.15) is 6.04 Å². The van der Waals surface area contributed by atoms with Crippen molar-refractivity contribution in [3.05, 3.63) is 39.4 Å². The summed E-state index contributed by atoms with van der Waals surface area (Å²) in [6.45, 7) is 2.01. The summed E-state index contributed by atoms with van der Waals surface area (Å²) in [4.78, 5) is 35.3. The van der Waals surface area contributed by atoms with Gasteiger partial charge in [-0.3, -0.25) is 14.9 Å². The van der Waals surface area contributed by atoms with Crippen LogP contribution in [0.5, 0.6) is 0 Å². The zero-order valence-corrected chi connectivity index (χ0v) is 11.6. The average molecular weight is 292 g/mol. The van der Waals surface area contributed by atoms with Crippen LogP contribution in [0.4, 0.5) is 5.69 Å². The second-order valence-corrected chi connectivity index (χ2v) is 5.10. The second kappa shape index (κ2) is 5.90. The van der Waals surface area contributed by atoms with E-state index < -0.39 is 16.9 Å². The molecule has 1 aromatic rings. The maximum atomic E-state index is 12.5. The summed E-state index contributed by atoms with van der Waals surface area (Å²) >= 11 is 0. The molecule has 1 amide bonds. The van der Waals surface area contributed by atoms with Crippen molar-refractivity contribution in [2.75, 3.05) is 6.54 Å². The Morgan fingerprint density at radius 2 is 2.10 bits per heavy atom. The van der Waals surface area contributed by atoms with Crippen LogP contribution in [0.2, 0.25) is 0 Å². The van der Waals surface area contributed by atoms with Crippen LogP contribution in [0.15, 0.2) is 18.2 Å². The van der Waals surface area contributed by atoms with Crippen molar-refractivity contribution in [1.82, 2.24) is 4.90 Å². The van der Waals surface area contributed by atoms with Crippen LogP contribution in [-0.4, -0.2) is 39.4 Å². The highest BCUT2D eigenvalue weighted by atomic mass is 16.6. The molecule has 0 saturated carbocycles. The van der Waals surface area contributed by atoms with E-state index in [1.807, 2.05) is 0 Å². The molecule has 1 saturated heterocycles. The number of non-ortho nitro benzene ring substituents is 1. The number of amides is 1. The van der Waals surface area contributed by atoms with E-state index in [1.165, 1.54) is 23.1 Å². The van der Waals surface area contributed by atoms with E-state index in [4.69, 9.17) is 0 Å². The molecule has 0 spiro atoms. The summed E-state index contributed by atoms with van der Waals surface area (Å²) in [6, 6.07) is 3.16. The van der Waals surface area contributed by atoms with Crippen LogP contribution in [0, 0.1) is 17.0 Å². The molecule has 1 aliphatic rings. The molecule has 7 nitrogen and oxygen atoms in total. The Bertz CT molecular complexity index is 599. The molecule has 1 N–H and O–H groups in total. The lowest BCUT2D eigenvalue weighted by molar-refractivity contribution is -0.384. The third kappa shape index (κ3) is 3.01. The number of nitro benzene ring substituents is 1. The monoisotopic (exact) mass is 292 g/mol. The van der Waals surface area contributed by atoms with Crippen molar-refractivity contribution < 1.29 is 19.6 Å². The van der Waals surface area contributed by atoms with Gasteiger partial charge in [0, 0.05) is 24.2 Å². The van der Waals surface area contributed by atoms with Crippen LogP contribution in [0.25, 0.3) is 0 Å². The Morgan fingerprint density at radius 1 is 1.38 bits per heavy atom. The first-order valence-corrected chi connectivity index (χ1v) is 6.70. The van der Waals surface area contributed by atoms with E-state index in [9.17, 15) is 24.8 Å². The first-order valence-electron chi connectivity index (χ1n) is 6.70. The summed E-state index contributed by atoms with van der Waals surface area (Å²) in [5.41, 5.74) is 0.704. The van der Waals surface area contributed by atoms with Gasteiger partial charge >= 0.3 is 5.97 Å². The molecule has 1 atom stereocenters. The van der Waals surface area contributed by atoms with Crippen LogP contribution >= 0.6 is 0 Å². The number of piperidine rings is 1.